The molecule has 0 bridgehead atoms. The van der Waals surface area contributed by atoms with E-state index in [1.807, 2.05) is 29.2 Å². The van der Waals surface area contributed by atoms with Gasteiger partial charge >= 0.3 is 0 Å². The van der Waals surface area contributed by atoms with Gasteiger partial charge in [-0.2, -0.15) is 0 Å². The molecule has 3 aromatic carbocycles. The van der Waals surface area contributed by atoms with Crippen molar-refractivity contribution in [2.24, 2.45) is 0 Å². The molecule has 0 radical (unpaired) electrons. The second-order valence-electron chi connectivity index (χ2n) is 9.11. The molecule has 3 aromatic rings. The number of non-ortho nitro benzene ring substituents is 1. The fraction of sp³-hybridized carbons (Fsp3) is 0.231. The lowest BCUT2D eigenvalue weighted by molar-refractivity contribution is -0.384. The van der Waals surface area contributed by atoms with Crippen LogP contribution in [0.15, 0.2) is 72.8 Å². The Morgan fingerprint density at radius 1 is 1.06 bits per heavy atom. The van der Waals surface area contributed by atoms with Gasteiger partial charge in [-0.05, 0) is 46.9 Å². The molecule has 7 nitrogen and oxygen atoms in total. The molecule has 34 heavy (non-hydrogen) atoms. The summed E-state index contributed by atoms with van der Waals surface area (Å²) in [5.74, 6) is 0.0285. The van der Waals surface area contributed by atoms with E-state index in [9.17, 15) is 19.7 Å². The molecule has 1 atom stereocenters. The van der Waals surface area contributed by atoms with Crippen LogP contribution in [-0.4, -0.2) is 22.5 Å². The Morgan fingerprint density at radius 2 is 1.74 bits per heavy atom. The maximum absolute atomic E-state index is 12.7. The van der Waals surface area contributed by atoms with Crippen molar-refractivity contribution in [1.29, 1.82) is 0 Å². The minimum absolute atomic E-state index is 0.0344. The largest absolute Gasteiger partial charge is 0.322 e. The number of rotatable bonds is 5. The maximum Gasteiger partial charge on any atom is 0.270 e. The molecule has 1 heterocycles. The summed E-state index contributed by atoms with van der Waals surface area (Å²) in [6, 6.07) is 21.0. The number of carbonyl (C=O) groups excluding carboxylic acids is 2. The second kappa shape index (κ2) is 9.30. The minimum Gasteiger partial charge on any atom is -0.322 e. The third-order valence-electron chi connectivity index (χ3n) is 5.65. The van der Waals surface area contributed by atoms with Crippen molar-refractivity contribution in [2.45, 2.75) is 31.6 Å². The molecule has 0 saturated carbocycles. The van der Waals surface area contributed by atoms with Crippen molar-refractivity contribution in [3.8, 4) is 0 Å². The van der Waals surface area contributed by atoms with Gasteiger partial charge in [-0.1, -0.05) is 51.1 Å². The zero-order valence-electron chi connectivity index (χ0n) is 19.1. The summed E-state index contributed by atoms with van der Waals surface area (Å²) in [4.78, 5) is 37.4. The van der Waals surface area contributed by atoms with Crippen LogP contribution in [0, 0.1) is 10.1 Å². The Hall–Kier alpha value is -3.65. The van der Waals surface area contributed by atoms with Crippen LogP contribution in [-0.2, 0) is 10.2 Å². The Kier molecular flexibility index (Phi) is 6.43. The van der Waals surface area contributed by atoms with Gasteiger partial charge in [0.1, 0.15) is 5.37 Å². The van der Waals surface area contributed by atoms with Gasteiger partial charge in [-0.25, -0.2) is 0 Å². The van der Waals surface area contributed by atoms with Crippen molar-refractivity contribution < 1.29 is 14.5 Å². The number of amides is 2. The zero-order valence-corrected chi connectivity index (χ0v) is 20.0. The molecule has 1 N–H and O–H groups in total. The van der Waals surface area contributed by atoms with E-state index >= 15 is 0 Å². The normalized spacial score (nSPS) is 15.9. The molecule has 0 unspecified atom stereocenters. The fourth-order valence-electron chi connectivity index (χ4n) is 3.77. The predicted octanol–water partition coefficient (Wildman–Crippen LogP) is 5.92. The van der Waals surface area contributed by atoms with Gasteiger partial charge < -0.3 is 5.32 Å². The van der Waals surface area contributed by atoms with E-state index in [0.717, 1.165) is 11.3 Å². The van der Waals surface area contributed by atoms with Crippen molar-refractivity contribution in [3.63, 3.8) is 0 Å². The molecule has 8 heteroatoms. The molecule has 1 aliphatic heterocycles. The molecule has 0 aromatic heterocycles. The smallest absolute Gasteiger partial charge is 0.270 e. The average Bonchev–Trinajstić information content (AvgIpc) is 3.20. The lowest BCUT2D eigenvalue weighted by atomic mass is 9.87. The van der Waals surface area contributed by atoms with Crippen molar-refractivity contribution in [3.05, 3.63) is 99.6 Å². The number of nitro benzene ring substituents is 1. The van der Waals surface area contributed by atoms with E-state index < -0.39 is 10.8 Å². The van der Waals surface area contributed by atoms with E-state index in [4.69, 9.17) is 0 Å². The summed E-state index contributed by atoms with van der Waals surface area (Å²) in [5.41, 5.74) is 3.68. The first kappa shape index (κ1) is 23.5. The summed E-state index contributed by atoms with van der Waals surface area (Å²) in [6.45, 7) is 6.46. The molecule has 1 aliphatic rings. The third kappa shape index (κ3) is 4.97. The number of hydrogen-bond donors (Lipinski definition) is 1. The van der Waals surface area contributed by atoms with Crippen LogP contribution in [0.2, 0.25) is 0 Å². The zero-order chi connectivity index (χ0) is 24.5. The second-order valence-corrected chi connectivity index (χ2v) is 10.2. The minimum atomic E-state index is -0.533. The molecule has 0 aliphatic carbocycles. The predicted molar refractivity (Wildman–Crippen MR) is 135 cm³/mol. The SMILES string of the molecule is CC(C)(C)c1ccc(N2C(=O)CS[C@H]2c2ccc(NC(=O)c3cccc([N+](=O)[O-])c3)cc2)cc1. The molecule has 1 fully saturated rings. The van der Waals surface area contributed by atoms with E-state index in [1.165, 1.54) is 29.8 Å². The van der Waals surface area contributed by atoms with Gasteiger partial charge in [-0.3, -0.25) is 24.6 Å². The van der Waals surface area contributed by atoms with Crippen LogP contribution in [0.3, 0.4) is 0 Å². The first-order chi connectivity index (χ1) is 16.1. The first-order valence-electron chi connectivity index (χ1n) is 10.8. The van der Waals surface area contributed by atoms with Crippen LogP contribution in [0.5, 0.6) is 0 Å². The number of carbonyl (C=O) groups is 2. The van der Waals surface area contributed by atoms with Gasteiger partial charge in [0, 0.05) is 29.1 Å². The Bertz CT molecular complexity index is 1230. The third-order valence-corrected chi connectivity index (χ3v) is 6.86. The molecular formula is C26H25N3O4S. The number of anilines is 2. The summed E-state index contributed by atoms with van der Waals surface area (Å²) < 4.78 is 0. The monoisotopic (exact) mass is 475 g/mol. The lowest BCUT2D eigenvalue weighted by Gasteiger charge is -2.26. The van der Waals surface area contributed by atoms with Crippen LogP contribution >= 0.6 is 11.8 Å². The van der Waals surface area contributed by atoms with E-state index in [1.54, 1.807) is 23.9 Å². The molecule has 1 saturated heterocycles. The average molecular weight is 476 g/mol. The first-order valence-corrected chi connectivity index (χ1v) is 11.9. The highest BCUT2D eigenvalue weighted by atomic mass is 32.2. The van der Waals surface area contributed by atoms with Crippen molar-refractivity contribution in [1.82, 2.24) is 0 Å². The van der Waals surface area contributed by atoms with Gasteiger partial charge in [0.2, 0.25) is 5.91 Å². The number of hydrogen-bond acceptors (Lipinski definition) is 5. The van der Waals surface area contributed by atoms with Gasteiger partial charge in [-0.15, -0.1) is 11.8 Å². The Morgan fingerprint density at radius 3 is 2.35 bits per heavy atom. The van der Waals surface area contributed by atoms with Gasteiger partial charge in [0.25, 0.3) is 11.6 Å². The van der Waals surface area contributed by atoms with Crippen molar-refractivity contribution in [2.75, 3.05) is 16.0 Å². The van der Waals surface area contributed by atoms with Crippen molar-refractivity contribution >= 4 is 40.6 Å². The Labute approximate surface area is 202 Å². The van der Waals surface area contributed by atoms with Crippen LogP contribution in [0.1, 0.15) is 47.6 Å². The summed E-state index contributed by atoms with van der Waals surface area (Å²) >= 11 is 1.56. The molecule has 174 valence electrons. The molecule has 2 amide bonds. The van der Waals surface area contributed by atoms with E-state index in [0.29, 0.717) is 11.4 Å². The van der Waals surface area contributed by atoms with Crippen LogP contribution in [0.25, 0.3) is 0 Å². The molecule has 4 rings (SSSR count). The number of benzene rings is 3. The summed E-state index contributed by atoms with van der Waals surface area (Å²) in [5, 5.41) is 13.6. The van der Waals surface area contributed by atoms with Crippen LogP contribution in [0.4, 0.5) is 17.1 Å². The summed E-state index contributed by atoms with van der Waals surface area (Å²) in [6.07, 6.45) is 0. The topological polar surface area (TPSA) is 92.6 Å². The van der Waals surface area contributed by atoms with Gasteiger partial charge in [0.05, 0.1) is 10.7 Å². The number of nitrogens with one attached hydrogen (secondary N) is 1. The molecular weight excluding hydrogens is 450 g/mol. The van der Waals surface area contributed by atoms with Gasteiger partial charge in [0.15, 0.2) is 0 Å². The number of nitrogens with zero attached hydrogens (tertiary/aromatic N) is 2. The highest BCUT2D eigenvalue weighted by Crippen LogP contribution is 2.42. The number of thioether (sulfide) groups is 1. The highest BCUT2D eigenvalue weighted by Gasteiger charge is 2.34. The Balaban J connectivity index is 1.50. The highest BCUT2D eigenvalue weighted by molar-refractivity contribution is 8.00. The summed E-state index contributed by atoms with van der Waals surface area (Å²) in [7, 11) is 0. The standard InChI is InChI=1S/C26H25N3O4S/c1-26(2,3)19-9-13-21(14-10-19)28-23(30)16-34-25(28)17-7-11-20(12-8-17)27-24(31)18-5-4-6-22(15-18)29(32)33/h4-15,25H,16H2,1-3H3,(H,27,31)/t25-/m0/s1. The number of nitro groups is 1. The lowest BCUT2D eigenvalue weighted by Crippen LogP contribution is -2.28. The fourth-order valence-corrected chi connectivity index (χ4v) is 4.94. The van der Waals surface area contributed by atoms with E-state index in [-0.39, 0.29) is 27.9 Å². The molecule has 0 spiro atoms. The van der Waals surface area contributed by atoms with E-state index in [2.05, 4.69) is 38.2 Å². The quantitative estimate of drug-likeness (QED) is 0.365. The maximum atomic E-state index is 12.7. The van der Waals surface area contributed by atoms with Crippen LogP contribution < -0.4 is 10.2 Å².